The summed E-state index contributed by atoms with van der Waals surface area (Å²) in [6.45, 7) is 10.7. The lowest BCUT2D eigenvalue weighted by molar-refractivity contribution is -0.134. The quantitative estimate of drug-likeness (QED) is 0.428. The molecule has 0 amide bonds. The molecule has 0 bridgehead atoms. The molecule has 4 nitrogen and oxygen atoms in total. The highest BCUT2D eigenvalue weighted by atomic mass is 16.5. The maximum atomic E-state index is 10.1. The number of hydrogen-bond acceptors (Lipinski definition) is 4. The van der Waals surface area contributed by atoms with Gasteiger partial charge in [-0.1, -0.05) is 51.4 Å². The fourth-order valence-electron chi connectivity index (χ4n) is 4.50. The molecule has 26 heavy (non-hydrogen) atoms. The molecule has 0 spiro atoms. The molecule has 0 aromatic carbocycles. The van der Waals surface area contributed by atoms with Crippen LogP contribution in [0.25, 0.3) is 0 Å². The van der Waals surface area contributed by atoms with Crippen molar-refractivity contribution in [2.45, 2.75) is 122 Å². The summed E-state index contributed by atoms with van der Waals surface area (Å²) in [6.07, 6.45) is 13.9. The summed E-state index contributed by atoms with van der Waals surface area (Å²) in [5, 5.41) is 18.8. The zero-order valence-electron chi connectivity index (χ0n) is 17.9. The molecule has 1 saturated heterocycles. The molecule has 0 aromatic heterocycles. The molecule has 1 rings (SSSR count). The SMILES string of the molecule is CC1(C)CC(O)CC(C)(C)N1COCCCCCCCCCCCCO. The van der Waals surface area contributed by atoms with Crippen LogP contribution in [0.3, 0.4) is 0 Å². The molecule has 1 aliphatic rings. The number of rotatable bonds is 14. The molecule has 1 heterocycles. The van der Waals surface area contributed by atoms with Crippen molar-refractivity contribution in [1.82, 2.24) is 4.90 Å². The lowest BCUT2D eigenvalue weighted by atomic mass is 9.79. The Labute approximate surface area is 162 Å². The Hall–Kier alpha value is -0.160. The number of nitrogens with zero attached hydrogens (tertiary/aromatic N) is 1. The molecule has 0 radical (unpaired) electrons. The second kappa shape index (κ2) is 12.3. The molecule has 0 aromatic rings. The Morgan fingerprint density at radius 2 is 1.19 bits per heavy atom. The third-order valence-corrected chi connectivity index (χ3v) is 5.85. The van der Waals surface area contributed by atoms with Crippen LogP contribution in [0.5, 0.6) is 0 Å². The number of unbranched alkanes of at least 4 members (excludes halogenated alkanes) is 9. The van der Waals surface area contributed by atoms with Gasteiger partial charge in [-0.25, -0.2) is 0 Å². The van der Waals surface area contributed by atoms with Gasteiger partial charge in [0.05, 0.1) is 12.8 Å². The number of aliphatic hydroxyl groups is 2. The van der Waals surface area contributed by atoms with E-state index in [2.05, 4.69) is 32.6 Å². The number of likely N-dealkylation sites (tertiary alicyclic amines) is 1. The van der Waals surface area contributed by atoms with E-state index < -0.39 is 0 Å². The van der Waals surface area contributed by atoms with E-state index in [4.69, 9.17) is 9.84 Å². The van der Waals surface area contributed by atoms with E-state index in [0.29, 0.717) is 13.3 Å². The summed E-state index contributed by atoms with van der Waals surface area (Å²) < 4.78 is 5.99. The molecule has 1 aliphatic heterocycles. The highest BCUT2D eigenvalue weighted by Gasteiger charge is 2.44. The topological polar surface area (TPSA) is 52.9 Å². The average Bonchev–Trinajstić information content (AvgIpc) is 2.52. The Balaban J connectivity index is 2.01. The fourth-order valence-corrected chi connectivity index (χ4v) is 4.50. The highest BCUT2D eigenvalue weighted by Crippen LogP contribution is 2.38. The Morgan fingerprint density at radius 1 is 0.769 bits per heavy atom. The zero-order valence-corrected chi connectivity index (χ0v) is 17.9. The van der Waals surface area contributed by atoms with Crippen LogP contribution < -0.4 is 0 Å². The van der Waals surface area contributed by atoms with Crippen molar-refractivity contribution in [2.75, 3.05) is 19.9 Å². The number of piperidine rings is 1. The third-order valence-electron chi connectivity index (χ3n) is 5.85. The second-order valence-electron chi connectivity index (χ2n) is 9.41. The fraction of sp³-hybridized carbons (Fsp3) is 1.00. The molecular weight excluding hydrogens is 326 g/mol. The first-order valence-corrected chi connectivity index (χ1v) is 10.9. The smallest absolute Gasteiger partial charge is 0.0998 e. The summed E-state index contributed by atoms with van der Waals surface area (Å²) in [6, 6.07) is 0. The summed E-state index contributed by atoms with van der Waals surface area (Å²) >= 11 is 0. The largest absolute Gasteiger partial charge is 0.396 e. The van der Waals surface area contributed by atoms with E-state index >= 15 is 0 Å². The van der Waals surface area contributed by atoms with Crippen molar-refractivity contribution < 1.29 is 14.9 Å². The van der Waals surface area contributed by atoms with Crippen LogP contribution in [0, 0.1) is 0 Å². The first kappa shape index (κ1) is 23.9. The summed E-state index contributed by atoms with van der Waals surface area (Å²) in [4.78, 5) is 2.42. The molecule has 156 valence electrons. The first-order chi connectivity index (χ1) is 12.3. The highest BCUT2D eigenvalue weighted by molar-refractivity contribution is 4.99. The van der Waals surface area contributed by atoms with Crippen LogP contribution in [0.15, 0.2) is 0 Å². The molecule has 0 saturated carbocycles. The molecular formula is C22H45NO3. The minimum Gasteiger partial charge on any atom is -0.396 e. The molecule has 0 aliphatic carbocycles. The number of hydrogen-bond donors (Lipinski definition) is 2. The van der Waals surface area contributed by atoms with Crippen LogP contribution in [-0.4, -0.2) is 52.2 Å². The van der Waals surface area contributed by atoms with E-state index in [0.717, 1.165) is 32.3 Å². The predicted octanol–water partition coefficient (Wildman–Crippen LogP) is 4.87. The van der Waals surface area contributed by atoms with Crippen molar-refractivity contribution in [2.24, 2.45) is 0 Å². The Morgan fingerprint density at radius 3 is 1.65 bits per heavy atom. The van der Waals surface area contributed by atoms with Gasteiger partial charge in [0.25, 0.3) is 0 Å². The summed E-state index contributed by atoms with van der Waals surface area (Å²) in [5.74, 6) is 0. The van der Waals surface area contributed by atoms with Gasteiger partial charge in [-0.15, -0.1) is 0 Å². The molecule has 0 unspecified atom stereocenters. The van der Waals surface area contributed by atoms with Crippen LogP contribution in [0.4, 0.5) is 0 Å². The van der Waals surface area contributed by atoms with E-state index in [1.54, 1.807) is 0 Å². The summed E-state index contributed by atoms with van der Waals surface area (Å²) in [5.41, 5.74) is -0.0311. The van der Waals surface area contributed by atoms with Gasteiger partial charge in [-0.3, -0.25) is 4.90 Å². The van der Waals surface area contributed by atoms with Crippen molar-refractivity contribution >= 4 is 0 Å². The summed E-state index contributed by atoms with van der Waals surface area (Å²) in [7, 11) is 0. The van der Waals surface area contributed by atoms with Crippen molar-refractivity contribution in [3.05, 3.63) is 0 Å². The van der Waals surface area contributed by atoms with Gasteiger partial charge in [0.1, 0.15) is 0 Å². The lowest BCUT2D eigenvalue weighted by Crippen LogP contribution is -2.62. The monoisotopic (exact) mass is 371 g/mol. The predicted molar refractivity (Wildman–Crippen MR) is 109 cm³/mol. The minimum atomic E-state index is -0.203. The maximum Gasteiger partial charge on any atom is 0.0998 e. The van der Waals surface area contributed by atoms with Crippen molar-refractivity contribution in [1.29, 1.82) is 0 Å². The van der Waals surface area contributed by atoms with Gasteiger partial charge in [0.15, 0.2) is 0 Å². The van der Waals surface area contributed by atoms with Crippen LogP contribution in [0.2, 0.25) is 0 Å². The van der Waals surface area contributed by atoms with E-state index in [9.17, 15) is 5.11 Å². The Bertz CT molecular complexity index is 339. The number of aliphatic hydroxyl groups excluding tert-OH is 2. The molecule has 4 heteroatoms. The van der Waals surface area contributed by atoms with Gasteiger partial charge in [0.2, 0.25) is 0 Å². The van der Waals surface area contributed by atoms with Gasteiger partial charge >= 0.3 is 0 Å². The second-order valence-corrected chi connectivity index (χ2v) is 9.41. The maximum absolute atomic E-state index is 10.1. The number of ether oxygens (including phenoxy) is 1. The van der Waals surface area contributed by atoms with Gasteiger partial charge < -0.3 is 14.9 Å². The van der Waals surface area contributed by atoms with Crippen LogP contribution in [0.1, 0.15) is 105 Å². The first-order valence-electron chi connectivity index (χ1n) is 10.9. The Kier molecular flexibility index (Phi) is 11.3. The normalized spacial score (nSPS) is 20.5. The standard InChI is InChI=1S/C22H45NO3/c1-21(2)17-20(25)18-22(3,4)23(21)19-26-16-14-12-10-8-6-5-7-9-11-13-15-24/h20,24-25H,5-19H2,1-4H3. The van der Waals surface area contributed by atoms with E-state index in [1.807, 2.05) is 0 Å². The van der Waals surface area contributed by atoms with Crippen LogP contribution in [-0.2, 0) is 4.74 Å². The van der Waals surface area contributed by atoms with Crippen molar-refractivity contribution in [3.63, 3.8) is 0 Å². The van der Waals surface area contributed by atoms with E-state index in [-0.39, 0.29) is 17.2 Å². The molecule has 2 N–H and O–H groups in total. The van der Waals surface area contributed by atoms with Crippen LogP contribution >= 0.6 is 0 Å². The van der Waals surface area contributed by atoms with Gasteiger partial charge in [0, 0.05) is 24.3 Å². The lowest BCUT2D eigenvalue weighted by Gasteiger charge is -2.54. The average molecular weight is 372 g/mol. The minimum absolute atomic E-state index is 0.0155. The van der Waals surface area contributed by atoms with Crippen molar-refractivity contribution in [3.8, 4) is 0 Å². The van der Waals surface area contributed by atoms with Gasteiger partial charge in [-0.05, 0) is 53.4 Å². The molecule has 1 fully saturated rings. The van der Waals surface area contributed by atoms with Gasteiger partial charge in [-0.2, -0.15) is 0 Å². The zero-order chi connectivity index (χ0) is 19.5. The van der Waals surface area contributed by atoms with E-state index in [1.165, 1.54) is 51.4 Å². The molecule has 0 atom stereocenters. The third kappa shape index (κ3) is 9.16.